The minimum Gasteiger partial charge on any atom is -0.296 e. The lowest BCUT2D eigenvalue weighted by Gasteiger charge is -2.06. The lowest BCUT2D eigenvalue weighted by molar-refractivity contribution is 0.111. The van der Waals surface area contributed by atoms with Crippen molar-refractivity contribution >= 4 is 22.2 Å². The van der Waals surface area contributed by atoms with Gasteiger partial charge in [0.05, 0.1) is 0 Å². The maximum absolute atomic E-state index is 12.3. The zero-order valence-electron chi connectivity index (χ0n) is 6.72. The van der Waals surface area contributed by atoms with E-state index < -0.39 is 6.43 Å². The van der Waals surface area contributed by atoms with E-state index in [2.05, 4.69) is 20.9 Å². The molecule has 5 heteroatoms. The largest absolute Gasteiger partial charge is 0.296 e. The molecule has 2 nitrogen and oxygen atoms in total. The van der Waals surface area contributed by atoms with Crippen LogP contribution in [0, 0.1) is 6.92 Å². The van der Waals surface area contributed by atoms with E-state index in [1.807, 2.05) is 0 Å². The fraction of sp³-hybridized carbons (Fsp3) is 0.250. The first-order valence-corrected chi connectivity index (χ1v) is 4.26. The molecule has 0 aromatic carbocycles. The van der Waals surface area contributed by atoms with Gasteiger partial charge in [-0.3, -0.25) is 4.79 Å². The molecule has 0 unspecified atom stereocenters. The number of halogens is 3. The van der Waals surface area contributed by atoms with Crippen molar-refractivity contribution in [3.63, 3.8) is 0 Å². The molecular weight excluding hydrogens is 244 g/mol. The van der Waals surface area contributed by atoms with E-state index in [4.69, 9.17) is 0 Å². The van der Waals surface area contributed by atoms with Gasteiger partial charge >= 0.3 is 0 Å². The van der Waals surface area contributed by atoms with Crippen molar-refractivity contribution < 1.29 is 13.6 Å². The molecule has 0 saturated heterocycles. The molecule has 0 aliphatic rings. The van der Waals surface area contributed by atoms with Gasteiger partial charge in [-0.25, -0.2) is 13.8 Å². The van der Waals surface area contributed by atoms with Crippen molar-refractivity contribution in [1.29, 1.82) is 0 Å². The van der Waals surface area contributed by atoms with Gasteiger partial charge in [0.1, 0.15) is 11.4 Å². The number of nitrogens with zero attached hydrogens (tertiary/aromatic N) is 1. The fourth-order valence-electron chi connectivity index (χ4n) is 0.888. The van der Waals surface area contributed by atoms with E-state index >= 15 is 0 Å². The minimum absolute atomic E-state index is 0.00720. The highest BCUT2D eigenvalue weighted by Crippen LogP contribution is 2.26. The summed E-state index contributed by atoms with van der Waals surface area (Å²) in [6.07, 6.45) is -2.22. The Morgan fingerprint density at radius 3 is 2.69 bits per heavy atom. The van der Waals surface area contributed by atoms with Gasteiger partial charge in [0.25, 0.3) is 6.43 Å². The molecule has 0 radical (unpaired) electrons. The Labute approximate surface area is 82.1 Å². The van der Waals surface area contributed by atoms with Crippen LogP contribution in [0.5, 0.6) is 0 Å². The van der Waals surface area contributed by atoms with Gasteiger partial charge in [-0.15, -0.1) is 0 Å². The number of rotatable bonds is 2. The van der Waals surface area contributed by atoms with Crippen LogP contribution in [-0.4, -0.2) is 11.3 Å². The first-order chi connectivity index (χ1) is 6.06. The summed E-state index contributed by atoms with van der Waals surface area (Å²) in [7, 11) is 0. The molecule has 1 aromatic rings. The average molecular weight is 250 g/mol. The molecule has 0 atom stereocenters. The molecule has 70 valence electrons. The van der Waals surface area contributed by atoms with Gasteiger partial charge in [0.15, 0.2) is 6.29 Å². The number of carbonyl (C=O) groups is 1. The van der Waals surface area contributed by atoms with E-state index in [1.54, 1.807) is 0 Å². The standard InChI is InChI=1S/C8H6BrF2NO/c1-4-6(9)2-5(3-13)12-7(4)8(10)11/h2-3,8H,1H3. The second-order valence-electron chi connectivity index (χ2n) is 2.46. The highest BCUT2D eigenvalue weighted by atomic mass is 79.9. The van der Waals surface area contributed by atoms with E-state index in [9.17, 15) is 13.6 Å². The van der Waals surface area contributed by atoms with E-state index in [0.29, 0.717) is 16.3 Å². The topological polar surface area (TPSA) is 30.0 Å². The van der Waals surface area contributed by atoms with Crippen LogP contribution in [0.2, 0.25) is 0 Å². The van der Waals surface area contributed by atoms with Crippen LogP contribution < -0.4 is 0 Å². The number of aromatic nitrogens is 1. The zero-order valence-corrected chi connectivity index (χ0v) is 8.31. The zero-order chi connectivity index (χ0) is 10.0. The summed E-state index contributed by atoms with van der Waals surface area (Å²) in [6.45, 7) is 1.52. The van der Waals surface area contributed by atoms with Gasteiger partial charge in [0.2, 0.25) is 0 Å². The van der Waals surface area contributed by atoms with Crippen LogP contribution in [-0.2, 0) is 0 Å². The number of hydrogen-bond acceptors (Lipinski definition) is 2. The summed E-state index contributed by atoms with van der Waals surface area (Å²) < 4.78 is 25.1. The Hall–Kier alpha value is -0.840. The number of hydrogen-bond donors (Lipinski definition) is 0. The average Bonchev–Trinajstić information content (AvgIpc) is 2.09. The third-order valence-corrected chi connectivity index (χ3v) is 2.42. The van der Waals surface area contributed by atoms with Gasteiger partial charge in [-0.1, -0.05) is 15.9 Å². The van der Waals surface area contributed by atoms with Gasteiger partial charge in [-0.05, 0) is 18.6 Å². The molecule has 0 amide bonds. The third kappa shape index (κ3) is 2.09. The van der Waals surface area contributed by atoms with Crippen LogP contribution >= 0.6 is 15.9 Å². The molecule has 0 bridgehead atoms. The molecule has 0 spiro atoms. The Balaban J connectivity index is 3.32. The maximum Gasteiger partial charge on any atom is 0.280 e. The van der Waals surface area contributed by atoms with Crippen LogP contribution in [0.25, 0.3) is 0 Å². The Bertz CT molecular complexity index is 341. The first kappa shape index (κ1) is 10.2. The van der Waals surface area contributed by atoms with E-state index in [-0.39, 0.29) is 11.4 Å². The monoisotopic (exact) mass is 249 g/mol. The summed E-state index contributed by atoms with van der Waals surface area (Å²) in [6, 6.07) is 1.41. The Morgan fingerprint density at radius 1 is 1.62 bits per heavy atom. The van der Waals surface area contributed by atoms with Gasteiger partial charge in [0, 0.05) is 4.47 Å². The second kappa shape index (κ2) is 3.91. The summed E-state index contributed by atoms with van der Waals surface area (Å²) >= 11 is 3.07. The molecule has 0 saturated carbocycles. The van der Waals surface area contributed by atoms with Crippen molar-refractivity contribution in [3.8, 4) is 0 Å². The molecule has 0 fully saturated rings. The van der Waals surface area contributed by atoms with Gasteiger partial charge < -0.3 is 0 Å². The summed E-state index contributed by atoms with van der Waals surface area (Å²) in [5, 5.41) is 0. The fourth-order valence-corrected chi connectivity index (χ4v) is 1.33. The molecule has 0 aliphatic heterocycles. The van der Waals surface area contributed by atoms with Crippen LogP contribution in [0.1, 0.15) is 28.2 Å². The normalized spacial score (nSPS) is 10.5. The maximum atomic E-state index is 12.3. The molecular formula is C8H6BrF2NO. The Morgan fingerprint density at radius 2 is 2.23 bits per heavy atom. The predicted octanol–water partition coefficient (Wildman–Crippen LogP) is 2.90. The number of alkyl halides is 2. The summed E-state index contributed by atoms with van der Waals surface area (Å²) in [4.78, 5) is 13.8. The summed E-state index contributed by atoms with van der Waals surface area (Å²) in [5.41, 5.74) is 0.0184. The van der Waals surface area contributed by atoms with Crippen molar-refractivity contribution in [2.75, 3.05) is 0 Å². The third-order valence-electron chi connectivity index (χ3n) is 1.59. The lowest BCUT2D eigenvalue weighted by Crippen LogP contribution is -1.99. The molecule has 1 aromatic heterocycles. The lowest BCUT2D eigenvalue weighted by atomic mass is 10.2. The SMILES string of the molecule is Cc1c(Br)cc(C=O)nc1C(F)F. The van der Waals surface area contributed by atoms with Crippen LogP contribution in [0.4, 0.5) is 8.78 Å². The van der Waals surface area contributed by atoms with Crippen molar-refractivity contribution in [3.05, 3.63) is 27.5 Å². The van der Waals surface area contributed by atoms with Crippen molar-refractivity contribution in [2.45, 2.75) is 13.3 Å². The number of carbonyl (C=O) groups excluding carboxylic acids is 1. The van der Waals surface area contributed by atoms with Crippen LogP contribution in [0.15, 0.2) is 10.5 Å². The van der Waals surface area contributed by atoms with Crippen molar-refractivity contribution in [2.24, 2.45) is 0 Å². The molecule has 1 rings (SSSR count). The highest BCUT2D eigenvalue weighted by Gasteiger charge is 2.15. The number of aldehydes is 1. The van der Waals surface area contributed by atoms with Gasteiger partial charge in [-0.2, -0.15) is 0 Å². The quantitative estimate of drug-likeness (QED) is 0.755. The van der Waals surface area contributed by atoms with E-state index in [1.165, 1.54) is 13.0 Å². The minimum atomic E-state index is -2.66. The number of pyridine rings is 1. The molecule has 13 heavy (non-hydrogen) atoms. The highest BCUT2D eigenvalue weighted by molar-refractivity contribution is 9.10. The predicted molar refractivity (Wildman–Crippen MR) is 47.0 cm³/mol. The Kier molecular flexibility index (Phi) is 3.08. The molecule has 0 aliphatic carbocycles. The first-order valence-electron chi connectivity index (χ1n) is 3.46. The molecule has 1 heterocycles. The second-order valence-corrected chi connectivity index (χ2v) is 3.31. The summed E-state index contributed by atoms with van der Waals surface area (Å²) in [5.74, 6) is 0. The smallest absolute Gasteiger partial charge is 0.280 e. The molecule has 0 N–H and O–H groups in total. The van der Waals surface area contributed by atoms with Crippen LogP contribution in [0.3, 0.4) is 0 Å². The van der Waals surface area contributed by atoms with Crippen molar-refractivity contribution in [1.82, 2.24) is 4.98 Å². The van der Waals surface area contributed by atoms with E-state index in [0.717, 1.165) is 0 Å².